The molecule has 0 saturated heterocycles. The number of ether oxygens (including phenoxy) is 3. The lowest BCUT2D eigenvalue weighted by Gasteiger charge is -2.15. The normalized spacial score (nSPS) is 12.9. The molecule has 1 aliphatic rings. The fourth-order valence-electron chi connectivity index (χ4n) is 3.15. The van der Waals surface area contributed by atoms with Gasteiger partial charge in [0.05, 0.1) is 22.3 Å². The first-order chi connectivity index (χ1) is 15.5. The number of aryl methyl sites for hydroxylation is 1. The summed E-state index contributed by atoms with van der Waals surface area (Å²) < 4.78 is 16.0. The van der Waals surface area contributed by atoms with Crippen molar-refractivity contribution >= 4 is 35.0 Å². The Morgan fingerprint density at radius 1 is 1.22 bits per heavy atom. The maximum atomic E-state index is 12.6. The van der Waals surface area contributed by atoms with E-state index >= 15 is 0 Å². The Morgan fingerprint density at radius 2 is 2.03 bits per heavy atom. The van der Waals surface area contributed by atoms with Crippen molar-refractivity contribution in [3.63, 3.8) is 0 Å². The molecule has 0 bridgehead atoms. The van der Waals surface area contributed by atoms with Crippen LogP contribution in [0.3, 0.4) is 0 Å². The Bertz CT molecular complexity index is 1130. The van der Waals surface area contributed by atoms with Crippen LogP contribution in [0.4, 0.5) is 0 Å². The highest BCUT2D eigenvalue weighted by Gasteiger charge is 2.19. The van der Waals surface area contributed by atoms with Crippen molar-refractivity contribution in [2.24, 2.45) is 0 Å². The van der Waals surface area contributed by atoms with Gasteiger partial charge in [0.2, 0.25) is 6.79 Å². The molecule has 1 atom stereocenters. The molecule has 0 aliphatic carbocycles. The van der Waals surface area contributed by atoms with E-state index in [0.717, 1.165) is 21.2 Å². The van der Waals surface area contributed by atoms with E-state index in [1.807, 2.05) is 49.6 Å². The van der Waals surface area contributed by atoms with Gasteiger partial charge in [-0.05, 0) is 43.7 Å². The number of benzene rings is 2. The van der Waals surface area contributed by atoms with Crippen LogP contribution in [0.15, 0.2) is 52.7 Å². The molecule has 1 amide bonds. The van der Waals surface area contributed by atoms with Gasteiger partial charge in [-0.3, -0.25) is 4.79 Å². The standard InChI is InChI=1S/C23H22N2O5S2/c1-14(16-7-8-19-20(9-16)30-13-29-19)24-22(26)10-28-23(27)18-5-3-4-6-21(18)32-12-17-11-31-15(2)25-17/h3-9,11,14H,10,12-13H2,1-2H3,(H,24,26). The Balaban J connectivity index is 1.31. The molecule has 0 radical (unpaired) electrons. The monoisotopic (exact) mass is 470 g/mol. The molecular weight excluding hydrogens is 448 g/mol. The van der Waals surface area contributed by atoms with E-state index in [-0.39, 0.29) is 25.3 Å². The number of carbonyl (C=O) groups is 2. The fourth-order valence-corrected chi connectivity index (χ4v) is 4.80. The van der Waals surface area contributed by atoms with Crippen molar-refractivity contribution in [3.05, 3.63) is 69.7 Å². The SMILES string of the molecule is Cc1nc(CSc2ccccc2C(=O)OCC(=O)NC(C)c2ccc3c(c2)OCO3)cs1. The Morgan fingerprint density at radius 3 is 2.84 bits per heavy atom. The maximum Gasteiger partial charge on any atom is 0.339 e. The number of carbonyl (C=O) groups excluding carboxylic acids is 2. The van der Waals surface area contributed by atoms with Gasteiger partial charge in [0.1, 0.15) is 0 Å². The van der Waals surface area contributed by atoms with Crippen molar-refractivity contribution in [1.82, 2.24) is 10.3 Å². The van der Waals surface area contributed by atoms with Gasteiger partial charge in [-0.2, -0.15) is 0 Å². The average Bonchev–Trinajstić information content (AvgIpc) is 3.44. The number of thioether (sulfide) groups is 1. The van der Waals surface area contributed by atoms with Crippen LogP contribution in [0.1, 0.15) is 39.6 Å². The summed E-state index contributed by atoms with van der Waals surface area (Å²) in [6.45, 7) is 3.64. The van der Waals surface area contributed by atoms with E-state index in [9.17, 15) is 9.59 Å². The summed E-state index contributed by atoms with van der Waals surface area (Å²) in [5.41, 5.74) is 2.27. The molecule has 0 fully saturated rings. The summed E-state index contributed by atoms with van der Waals surface area (Å²) in [5, 5.41) is 5.85. The van der Waals surface area contributed by atoms with Gasteiger partial charge in [-0.1, -0.05) is 18.2 Å². The zero-order chi connectivity index (χ0) is 22.5. The van der Waals surface area contributed by atoms with Crippen molar-refractivity contribution < 1.29 is 23.8 Å². The predicted octanol–water partition coefficient (Wildman–Crippen LogP) is 4.51. The number of amides is 1. The van der Waals surface area contributed by atoms with Gasteiger partial charge in [0.15, 0.2) is 18.1 Å². The molecule has 0 saturated carbocycles. The summed E-state index contributed by atoms with van der Waals surface area (Å²) in [6, 6.07) is 12.4. The van der Waals surface area contributed by atoms with E-state index in [0.29, 0.717) is 22.8 Å². The van der Waals surface area contributed by atoms with E-state index in [2.05, 4.69) is 10.3 Å². The summed E-state index contributed by atoms with van der Waals surface area (Å²) in [5.74, 6) is 1.07. The van der Waals surface area contributed by atoms with Crippen molar-refractivity contribution in [2.45, 2.75) is 30.5 Å². The van der Waals surface area contributed by atoms with Crippen LogP contribution in [-0.4, -0.2) is 30.3 Å². The number of hydrogen-bond donors (Lipinski definition) is 1. The highest BCUT2D eigenvalue weighted by molar-refractivity contribution is 7.98. The predicted molar refractivity (Wildman–Crippen MR) is 122 cm³/mol. The van der Waals surface area contributed by atoms with E-state index in [4.69, 9.17) is 14.2 Å². The Kier molecular flexibility index (Phi) is 6.96. The number of fused-ring (bicyclic) bond motifs is 1. The minimum Gasteiger partial charge on any atom is -0.454 e. The second-order valence-corrected chi connectivity index (χ2v) is 9.20. The molecule has 1 unspecified atom stereocenters. The molecule has 1 aliphatic heterocycles. The van der Waals surface area contributed by atoms with Gasteiger partial charge in [-0.25, -0.2) is 9.78 Å². The summed E-state index contributed by atoms with van der Waals surface area (Å²) in [4.78, 5) is 30.2. The molecule has 166 valence electrons. The lowest BCUT2D eigenvalue weighted by Crippen LogP contribution is -2.31. The van der Waals surface area contributed by atoms with Gasteiger partial charge >= 0.3 is 5.97 Å². The highest BCUT2D eigenvalue weighted by Crippen LogP contribution is 2.34. The lowest BCUT2D eigenvalue weighted by atomic mass is 10.1. The van der Waals surface area contributed by atoms with Gasteiger partial charge in [0.25, 0.3) is 5.91 Å². The molecule has 1 N–H and O–H groups in total. The molecule has 2 heterocycles. The van der Waals surface area contributed by atoms with E-state index in [1.165, 1.54) is 11.8 Å². The summed E-state index contributed by atoms with van der Waals surface area (Å²) in [7, 11) is 0. The van der Waals surface area contributed by atoms with Crippen LogP contribution >= 0.6 is 23.1 Å². The lowest BCUT2D eigenvalue weighted by molar-refractivity contribution is -0.124. The second kappa shape index (κ2) is 10.1. The topological polar surface area (TPSA) is 86.8 Å². The number of thiazole rings is 1. The average molecular weight is 471 g/mol. The van der Waals surface area contributed by atoms with Crippen molar-refractivity contribution in [3.8, 4) is 11.5 Å². The molecule has 32 heavy (non-hydrogen) atoms. The molecule has 9 heteroatoms. The third-order valence-corrected chi connectivity index (χ3v) is 6.69. The van der Waals surface area contributed by atoms with Gasteiger partial charge < -0.3 is 19.5 Å². The third-order valence-electron chi connectivity index (χ3n) is 4.76. The van der Waals surface area contributed by atoms with Crippen LogP contribution in [-0.2, 0) is 15.3 Å². The first-order valence-electron chi connectivity index (χ1n) is 9.98. The van der Waals surface area contributed by atoms with Gasteiger partial charge in [0, 0.05) is 16.0 Å². The number of rotatable bonds is 8. The van der Waals surface area contributed by atoms with Crippen LogP contribution in [0.5, 0.6) is 11.5 Å². The number of nitrogens with one attached hydrogen (secondary N) is 1. The summed E-state index contributed by atoms with van der Waals surface area (Å²) >= 11 is 3.11. The van der Waals surface area contributed by atoms with E-state index in [1.54, 1.807) is 23.5 Å². The van der Waals surface area contributed by atoms with Crippen LogP contribution in [0.25, 0.3) is 0 Å². The molecule has 1 aromatic heterocycles. The van der Waals surface area contributed by atoms with Crippen molar-refractivity contribution in [1.29, 1.82) is 0 Å². The zero-order valence-corrected chi connectivity index (χ0v) is 19.3. The minimum absolute atomic E-state index is 0.193. The molecule has 7 nitrogen and oxygen atoms in total. The third kappa shape index (κ3) is 5.41. The molecule has 4 rings (SSSR count). The van der Waals surface area contributed by atoms with Gasteiger partial charge in [-0.15, -0.1) is 23.1 Å². The van der Waals surface area contributed by atoms with E-state index < -0.39 is 5.97 Å². The molecular formula is C23H22N2O5S2. The van der Waals surface area contributed by atoms with Crippen LogP contribution in [0, 0.1) is 6.92 Å². The zero-order valence-electron chi connectivity index (χ0n) is 17.6. The van der Waals surface area contributed by atoms with Crippen molar-refractivity contribution in [2.75, 3.05) is 13.4 Å². The summed E-state index contributed by atoms with van der Waals surface area (Å²) in [6.07, 6.45) is 0. The number of hydrogen-bond acceptors (Lipinski definition) is 8. The molecule has 2 aromatic carbocycles. The highest BCUT2D eigenvalue weighted by atomic mass is 32.2. The number of aromatic nitrogens is 1. The Labute approximate surface area is 194 Å². The Hall–Kier alpha value is -3.04. The second-order valence-electron chi connectivity index (χ2n) is 7.12. The first-order valence-corrected chi connectivity index (χ1v) is 11.8. The quantitative estimate of drug-likeness (QED) is 0.383. The fraction of sp³-hybridized carbons (Fsp3) is 0.261. The van der Waals surface area contributed by atoms with Crippen LogP contribution < -0.4 is 14.8 Å². The molecule has 0 spiro atoms. The minimum atomic E-state index is -0.534. The number of nitrogens with zero attached hydrogens (tertiary/aromatic N) is 1. The number of esters is 1. The maximum absolute atomic E-state index is 12.6. The molecule has 3 aromatic rings. The first kappa shape index (κ1) is 22.2. The van der Waals surface area contributed by atoms with Crippen LogP contribution in [0.2, 0.25) is 0 Å². The smallest absolute Gasteiger partial charge is 0.339 e. The largest absolute Gasteiger partial charge is 0.454 e.